The number of rotatable bonds is 1. The quantitative estimate of drug-likeness (QED) is 0.860. The summed E-state index contributed by atoms with van der Waals surface area (Å²) in [6, 6.07) is 0.270. The largest absolute Gasteiger partial charge is 0.338 e. The Labute approximate surface area is 138 Å². The fourth-order valence-electron chi connectivity index (χ4n) is 3.94. The Morgan fingerprint density at radius 1 is 1.32 bits per heavy atom. The van der Waals surface area contributed by atoms with Crippen LogP contribution in [0.4, 0.5) is 0 Å². The monoisotopic (exact) mass is 326 g/mol. The number of amides is 1. The SMILES string of the molecule is Cc1c(C(=O)N2CC3CCC(N)C3C2)cnn1C(C)(C)C.Cl. The normalized spacial score (nSPS) is 27.7. The molecule has 1 aliphatic carbocycles. The lowest BCUT2D eigenvalue weighted by molar-refractivity contribution is 0.0778. The highest BCUT2D eigenvalue weighted by Crippen LogP contribution is 2.37. The van der Waals surface area contributed by atoms with Gasteiger partial charge in [-0.2, -0.15) is 5.10 Å². The van der Waals surface area contributed by atoms with Crippen LogP contribution in [0, 0.1) is 18.8 Å². The van der Waals surface area contributed by atoms with Gasteiger partial charge in [0.25, 0.3) is 5.91 Å². The minimum absolute atomic E-state index is 0. The number of carbonyl (C=O) groups excluding carboxylic acids is 1. The molecule has 0 radical (unpaired) electrons. The number of hydrogen-bond donors (Lipinski definition) is 1. The molecule has 3 rings (SSSR count). The molecule has 1 aromatic heterocycles. The molecule has 0 spiro atoms. The summed E-state index contributed by atoms with van der Waals surface area (Å²) in [6.07, 6.45) is 3.99. The first kappa shape index (κ1) is 17.3. The first-order valence-corrected chi connectivity index (χ1v) is 7.89. The maximum Gasteiger partial charge on any atom is 0.257 e. The summed E-state index contributed by atoms with van der Waals surface area (Å²) >= 11 is 0. The zero-order chi connectivity index (χ0) is 15.4. The van der Waals surface area contributed by atoms with Gasteiger partial charge in [-0.3, -0.25) is 9.48 Å². The number of aromatic nitrogens is 2. The number of hydrogen-bond acceptors (Lipinski definition) is 3. The van der Waals surface area contributed by atoms with E-state index in [2.05, 4.69) is 25.9 Å². The average Bonchev–Trinajstić information content (AvgIpc) is 3.04. The molecule has 0 bridgehead atoms. The van der Waals surface area contributed by atoms with Crippen molar-refractivity contribution in [3.8, 4) is 0 Å². The van der Waals surface area contributed by atoms with Crippen LogP contribution in [0.15, 0.2) is 6.20 Å². The van der Waals surface area contributed by atoms with Gasteiger partial charge in [0.1, 0.15) is 0 Å². The van der Waals surface area contributed by atoms with Crippen LogP contribution in [-0.4, -0.2) is 39.7 Å². The molecule has 6 heteroatoms. The Hall–Kier alpha value is -1.07. The van der Waals surface area contributed by atoms with Crippen LogP contribution in [0.1, 0.15) is 49.7 Å². The number of nitrogens with two attached hydrogens (primary N) is 1. The van der Waals surface area contributed by atoms with Gasteiger partial charge in [0.05, 0.1) is 17.3 Å². The van der Waals surface area contributed by atoms with Crippen LogP contribution in [0.5, 0.6) is 0 Å². The average molecular weight is 327 g/mol. The van der Waals surface area contributed by atoms with Gasteiger partial charge in [-0.15, -0.1) is 12.4 Å². The molecule has 3 unspecified atom stereocenters. The molecule has 0 aromatic carbocycles. The third kappa shape index (κ3) is 2.76. The highest BCUT2D eigenvalue weighted by Gasteiger charge is 2.43. The first-order valence-electron chi connectivity index (χ1n) is 7.89. The van der Waals surface area contributed by atoms with E-state index in [1.807, 2.05) is 16.5 Å². The minimum atomic E-state index is -0.105. The van der Waals surface area contributed by atoms with Crippen LogP contribution in [-0.2, 0) is 5.54 Å². The van der Waals surface area contributed by atoms with Crippen molar-refractivity contribution in [2.24, 2.45) is 17.6 Å². The maximum absolute atomic E-state index is 12.8. The second-order valence-electron chi connectivity index (χ2n) is 7.60. The molecule has 1 saturated heterocycles. The first-order chi connectivity index (χ1) is 9.79. The van der Waals surface area contributed by atoms with Gasteiger partial charge in [0.15, 0.2) is 0 Å². The molecular weight excluding hydrogens is 300 g/mol. The molecule has 2 fully saturated rings. The van der Waals surface area contributed by atoms with E-state index in [-0.39, 0.29) is 29.9 Å². The molecule has 124 valence electrons. The van der Waals surface area contributed by atoms with Gasteiger partial charge >= 0.3 is 0 Å². The van der Waals surface area contributed by atoms with Crippen LogP contribution in [0.25, 0.3) is 0 Å². The fraction of sp³-hybridized carbons (Fsp3) is 0.750. The lowest BCUT2D eigenvalue weighted by atomic mass is 9.98. The lowest BCUT2D eigenvalue weighted by Gasteiger charge is -2.22. The van der Waals surface area contributed by atoms with Gasteiger partial charge < -0.3 is 10.6 Å². The van der Waals surface area contributed by atoms with E-state index in [0.717, 1.165) is 37.2 Å². The summed E-state index contributed by atoms with van der Waals surface area (Å²) in [6.45, 7) is 9.94. The number of likely N-dealkylation sites (tertiary alicyclic amines) is 1. The Morgan fingerprint density at radius 2 is 2.00 bits per heavy atom. The summed E-state index contributed by atoms with van der Waals surface area (Å²) in [5.74, 6) is 1.21. The minimum Gasteiger partial charge on any atom is -0.338 e. The van der Waals surface area contributed by atoms with Gasteiger partial charge in [0, 0.05) is 24.8 Å². The van der Waals surface area contributed by atoms with E-state index in [1.54, 1.807) is 6.20 Å². The number of nitrogens with zero attached hydrogens (tertiary/aromatic N) is 3. The Morgan fingerprint density at radius 3 is 2.55 bits per heavy atom. The van der Waals surface area contributed by atoms with Crippen LogP contribution in [0.2, 0.25) is 0 Å². The molecule has 2 N–H and O–H groups in total. The van der Waals surface area contributed by atoms with Crippen molar-refractivity contribution < 1.29 is 4.79 Å². The van der Waals surface area contributed by atoms with E-state index in [0.29, 0.717) is 11.8 Å². The summed E-state index contributed by atoms with van der Waals surface area (Å²) < 4.78 is 1.93. The van der Waals surface area contributed by atoms with Gasteiger partial charge in [-0.1, -0.05) is 0 Å². The second kappa shape index (κ2) is 5.85. The van der Waals surface area contributed by atoms with Gasteiger partial charge in [0.2, 0.25) is 0 Å². The summed E-state index contributed by atoms with van der Waals surface area (Å²) in [4.78, 5) is 14.8. The van der Waals surface area contributed by atoms with Gasteiger partial charge in [-0.25, -0.2) is 0 Å². The molecule has 1 saturated carbocycles. The summed E-state index contributed by atoms with van der Waals surface area (Å²) in [5.41, 5.74) is 7.74. The van der Waals surface area contributed by atoms with Gasteiger partial charge in [-0.05, 0) is 52.4 Å². The zero-order valence-electron chi connectivity index (χ0n) is 13.9. The Kier molecular flexibility index (Phi) is 4.60. The van der Waals surface area contributed by atoms with E-state index < -0.39 is 0 Å². The van der Waals surface area contributed by atoms with Crippen molar-refractivity contribution in [2.45, 2.75) is 52.1 Å². The fourth-order valence-corrected chi connectivity index (χ4v) is 3.94. The molecule has 3 atom stereocenters. The molecule has 1 aliphatic heterocycles. The molecule has 2 aliphatic rings. The highest BCUT2D eigenvalue weighted by molar-refractivity contribution is 5.95. The lowest BCUT2D eigenvalue weighted by Crippen LogP contribution is -2.34. The number of halogens is 1. The molecule has 1 amide bonds. The second-order valence-corrected chi connectivity index (χ2v) is 7.60. The Bertz CT molecular complexity index is 563. The molecule has 1 aromatic rings. The van der Waals surface area contributed by atoms with E-state index >= 15 is 0 Å². The maximum atomic E-state index is 12.8. The van der Waals surface area contributed by atoms with E-state index in [9.17, 15) is 4.79 Å². The van der Waals surface area contributed by atoms with Crippen molar-refractivity contribution in [2.75, 3.05) is 13.1 Å². The van der Waals surface area contributed by atoms with Crippen LogP contribution < -0.4 is 5.73 Å². The zero-order valence-corrected chi connectivity index (χ0v) is 14.7. The predicted octanol–water partition coefficient (Wildman–Crippen LogP) is 2.18. The number of carbonyl (C=O) groups is 1. The molecule has 2 heterocycles. The molecular formula is C16H27ClN4O. The summed E-state index contributed by atoms with van der Waals surface area (Å²) in [5, 5.41) is 4.41. The van der Waals surface area contributed by atoms with Crippen molar-refractivity contribution >= 4 is 18.3 Å². The summed E-state index contributed by atoms with van der Waals surface area (Å²) in [7, 11) is 0. The topological polar surface area (TPSA) is 64.2 Å². The molecule has 5 nitrogen and oxygen atoms in total. The molecule has 22 heavy (non-hydrogen) atoms. The van der Waals surface area contributed by atoms with Crippen LogP contribution in [0.3, 0.4) is 0 Å². The standard InChI is InChI=1S/C16H26N4O.ClH/c1-10-12(7-18-20(10)16(2,3)4)15(21)19-8-11-5-6-14(17)13(11)9-19;/h7,11,13-14H,5-6,8-9,17H2,1-4H3;1H. The third-order valence-electron chi connectivity index (χ3n) is 5.08. The van der Waals surface area contributed by atoms with Crippen molar-refractivity contribution in [1.82, 2.24) is 14.7 Å². The highest BCUT2D eigenvalue weighted by atomic mass is 35.5. The Balaban J connectivity index is 0.00000176. The predicted molar refractivity (Wildman–Crippen MR) is 89.3 cm³/mol. The third-order valence-corrected chi connectivity index (χ3v) is 5.08. The van der Waals surface area contributed by atoms with E-state index in [4.69, 9.17) is 5.73 Å². The number of fused-ring (bicyclic) bond motifs is 1. The van der Waals surface area contributed by atoms with Crippen molar-refractivity contribution in [1.29, 1.82) is 0 Å². The van der Waals surface area contributed by atoms with Crippen molar-refractivity contribution in [3.05, 3.63) is 17.5 Å². The smallest absolute Gasteiger partial charge is 0.257 e. The van der Waals surface area contributed by atoms with Crippen molar-refractivity contribution in [3.63, 3.8) is 0 Å². The van der Waals surface area contributed by atoms with E-state index in [1.165, 1.54) is 0 Å². The van der Waals surface area contributed by atoms with Crippen LogP contribution >= 0.6 is 12.4 Å².